The maximum absolute atomic E-state index is 13.0. The highest BCUT2D eigenvalue weighted by Gasteiger charge is 2.38. The molecule has 3 aromatic rings. The van der Waals surface area contributed by atoms with Gasteiger partial charge in [-0.05, 0) is 41.7 Å². The molecule has 0 saturated carbocycles. The first-order chi connectivity index (χ1) is 13.8. The number of anilines is 1. The van der Waals surface area contributed by atoms with Crippen LogP contribution in [0.4, 0.5) is 5.69 Å². The van der Waals surface area contributed by atoms with Crippen LogP contribution in [0.5, 0.6) is 0 Å². The van der Waals surface area contributed by atoms with Gasteiger partial charge in [-0.25, -0.2) is 0 Å². The minimum atomic E-state index is -0.283. The lowest BCUT2D eigenvalue weighted by molar-refractivity contribution is -0.146. The van der Waals surface area contributed by atoms with Gasteiger partial charge in [0.25, 0.3) is 0 Å². The first-order valence-corrected chi connectivity index (χ1v) is 9.79. The Kier molecular flexibility index (Phi) is 5.43. The number of hydrogen-bond acceptors (Lipinski definition) is 3. The summed E-state index contributed by atoms with van der Waals surface area (Å²) in [6.07, 6.45) is 1.62. The molecule has 0 fully saturated rings. The largest absolute Gasteiger partial charge is 0.469 e. The maximum atomic E-state index is 13.0. The Hall–Kier alpha value is -3.07. The van der Waals surface area contributed by atoms with E-state index >= 15 is 0 Å². The lowest BCUT2D eigenvalue weighted by Gasteiger charge is -2.42. The number of hydrogen-bond donors (Lipinski definition) is 0. The number of carbonyl (C=O) groups is 1. The number of benzene rings is 3. The van der Waals surface area contributed by atoms with Crippen LogP contribution < -0.4 is 4.90 Å². The zero-order valence-electron chi connectivity index (χ0n) is 16.1. The van der Waals surface area contributed by atoms with E-state index in [1.807, 2.05) is 24.3 Å². The number of fused-ring (bicyclic) bond motifs is 1. The molecular weight excluding hydrogens is 346 g/mol. The fraction of sp³-hybridized carbons (Fsp3) is 0.240. The van der Waals surface area contributed by atoms with Gasteiger partial charge in [0.1, 0.15) is 0 Å². The Morgan fingerprint density at radius 3 is 2.32 bits per heavy atom. The van der Waals surface area contributed by atoms with E-state index in [2.05, 4.69) is 65.6 Å². The summed E-state index contributed by atoms with van der Waals surface area (Å²) in [7, 11) is 1.49. The molecular formula is C25H25NO2. The van der Waals surface area contributed by atoms with Gasteiger partial charge in [-0.3, -0.25) is 4.79 Å². The highest BCUT2D eigenvalue weighted by molar-refractivity contribution is 5.75. The molecule has 0 saturated heterocycles. The first kappa shape index (κ1) is 18.3. The normalized spacial score (nSPS) is 16.9. The summed E-state index contributed by atoms with van der Waals surface area (Å²) in [6.45, 7) is 0.883. The van der Waals surface area contributed by atoms with Crippen molar-refractivity contribution in [3.63, 3.8) is 0 Å². The summed E-state index contributed by atoms with van der Waals surface area (Å²) in [4.78, 5) is 15.3. The van der Waals surface area contributed by atoms with E-state index in [9.17, 15) is 4.79 Å². The van der Waals surface area contributed by atoms with Crippen LogP contribution >= 0.6 is 0 Å². The predicted molar refractivity (Wildman–Crippen MR) is 112 cm³/mol. The predicted octanol–water partition coefficient (Wildman–Crippen LogP) is 4.82. The summed E-state index contributed by atoms with van der Waals surface area (Å²) in [6, 6.07) is 29.0. The van der Waals surface area contributed by atoms with Crippen molar-refractivity contribution in [1.29, 1.82) is 0 Å². The molecule has 0 bridgehead atoms. The topological polar surface area (TPSA) is 29.5 Å². The molecule has 0 aromatic heterocycles. The van der Waals surface area contributed by atoms with E-state index in [4.69, 9.17) is 4.74 Å². The maximum Gasteiger partial charge on any atom is 0.311 e. The van der Waals surface area contributed by atoms with Gasteiger partial charge in [-0.1, -0.05) is 72.8 Å². The van der Waals surface area contributed by atoms with Gasteiger partial charge < -0.3 is 9.64 Å². The third-order valence-corrected chi connectivity index (χ3v) is 5.60. The van der Waals surface area contributed by atoms with E-state index in [0.29, 0.717) is 6.42 Å². The van der Waals surface area contributed by atoms with Crippen molar-refractivity contribution in [2.75, 3.05) is 18.6 Å². The van der Waals surface area contributed by atoms with E-state index in [-0.39, 0.29) is 17.9 Å². The number of rotatable bonds is 5. The summed E-state index contributed by atoms with van der Waals surface area (Å²) >= 11 is 0. The van der Waals surface area contributed by atoms with Crippen LogP contribution in [-0.2, 0) is 22.4 Å². The average Bonchev–Trinajstić information content (AvgIpc) is 2.77. The van der Waals surface area contributed by atoms with Crippen molar-refractivity contribution in [3.8, 4) is 0 Å². The van der Waals surface area contributed by atoms with Gasteiger partial charge in [0.15, 0.2) is 0 Å². The second-order valence-electron chi connectivity index (χ2n) is 7.24. The third kappa shape index (κ3) is 3.65. The van der Waals surface area contributed by atoms with E-state index < -0.39 is 0 Å². The van der Waals surface area contributed by atoms with Crippen molar-refractivity contribution in [2.24, 2.45) is 5.92 Å². The van der Waals surface area contributed by atoms with Gasteiger partial charge in [-0.15, -0.1) is 0 Å². The number of ether oxygens (including phenoxy) is 1. The van der Waals surface area contributed by atoms with Crippen molar-refractivity contribution in [1.82, 2.24) is 0 Å². The van der Waals surface area contributed by atoms with Crippen LogP contribution in [0.15, 0.2) is 84.9 Å². The second-order valence-corrected chi connectivity index (χ2v) is 7.24. The molecule has 1 aliphatic heterocycles. The van der Waals surface area contributed by atoms with Crippen LogP contribution in [0.25, 0.3) is 0 Å². The Morgan fingerprint density at radius 1 is 0.964 bits per heavy atom. The molecule has 28 heavy (non-hydrogen) atoms. The second kappa shape index (κ2) is 8.30. The Morgan fingerprint density at radius 2 is 1.61 bits per heavy atom. The van der Waals surface area contributed by atoms with Gasteiger partial charge in [0, 0.05) is 12.2 Å². The van der Waals surface area contributed by atoms with Crippen molar-refractivity contribution in [3.05, 3.63) is 102 Å². The summed E-state index contributed by atoms with van der Waals surface area (Å²) in [5, 5.41) is 0. The zero-order chi connectivity index (χ0) is 19.3. The fourth-order valence-corrected chi connectivity index (χ4v) is 4.28. The van der Waals surface area contributed by atoms with Crippen LogP contribution in [0.3, 0.4) is 0 Å². The minimum Gasteiger partial charge on any atom is -0.469 e. The number of nitrogens with zero attached hydrogens (tertiary/aromatic N) is 1. The molecule has 1 aliphatic rings. The molecule has 2 unspecified atom stereocenters. The number of methoxy groups -OCH3 is 1. The molecule has 3 nitrogen and oxygen atoms in total. The zero-order valence-corrected chi connectivity index (χ0v) is 16.1. The molecule has 2 atom stereocenters. The average molecular weight is 371 g/mol. The summed E-state index contributed by atoms with van der Waals surface area (Å²) in [5.74, 6) is -0.444. The molecule has 0 spiro atoms. The molecule has 3 heteroatoms. The molecule has 0 radical (unpaired) electrons. The molecule has 142 valence electrons. The van der Waals surface area contributed by atoms with E-state index in [0.717, 1.165) is 24.2 Å². The van der Waals surface area contributed by atoms with Crippen LogP contribution in [-0.4, -0.2) is 19.6 Å². The Labute approximate surface area is 166 Å². The van der Waals surface area contributed by atoms with Gasteiger partial charge in [0.05, 0.1) is 19.1 Å². The molecule has 4 rings (SSSR count). The number of carbonyl (C=O) groups excluding carboxylic acids is 1. The summed E-state index contributed by atoms with van der Waals surface area (Å²) in [5.41, 5.74) is 4.84. The van der Waals surface area contributed by atoms with Crippen LogP contribution in [0, 0.1) is 5.92 Å². The Bertz CT molecular complexity index is 924. The minimum absolute atomic E-state index is 0.0555. The van der Waals surface area contributed by atoms with Gasteiger partial charge in [0.2, 0.25) is 0 Å². The van der Waals surface area contributed by atoms with E-state index in [1.165, 1.54) is 18.2 Å². The Balaban J connectivity index is 1.80. The first-order valence-electron chi connectivity index (χ1n) is 9.79. The quantitative estimate of drug-likeness (QED) is 0.602. The van der Waals surface area contributed by atoms with Gasteiger partial charge in [-0.2, -0.15) is 0 Å². The SMILES string of the molecule is COC(=O)C(Cc1ccccc1)C1c2ccccc2CCN1c1ccccc1. The monoisotopic (exact) mass is 371 g/mol. The van der Waals surface area contributed by atoms with E-state index in [1.54, 1.807) is 0 Å². The van der Waals surface area contributed by atoms with Crippen LogP contribution in [0.2, 0.25) is 0 Å². The van der Waals surface area contributed by atoms with Crippen LogP contribution in [0.1, 0.15) is 22.7 Å². The summed E-state index contributed by atoms with van der Waals surface area (Å²) < 4.78 is 5.27. The number of para-hydroxylation sites is 1. The molecule has 3 aromatic carbocycles. The third-order valence-electron chi connectivity index (χ3n) is 5.60. The molecule has 0 aliphatic carbocycles. The highest BCUT2D eigenvalue weighted by atomic mass is 16.5. The lowest BCUT2D eigenvalue weighted by atomic mass is 9.81. The highest BCUT2D eigenvalue weighted by Crippen LogP contribution is 2.40. The van der Waals surface area contributed by atoms with Crippen molar-refractivity contribution >= 4 is 11.7 Å². The van der Waals surface area contributed by atoms with Crippen molar-refractivity contribution < 1.29 is 9.53 Å². The van der Waals surface area contributed by atoms with Gasteiger partial charge >= 0.3 is 5.97 Å². The molecule has 0 N–H and O–H groups in total. The number of esters is 1. The molecule has 1 heterocycles. The lowest BCUT2D eigenvalue weighted by Crippen LogP contribution is -2.43. The smallest absolute Gasteiger partial charge is 0.311 e. The fourth-order valence-electron chi connectivity index (χ4n) is 4.28. The standard InChI is InChI=1S/C25H25NO2/c1-28-25(27)23(18-19-10-4-2-5-11-19)24-22-15-9-8-12-20(22)16-17-26(24)21-13-6-3-7-14-21/h2-15,23-24H,16-18H2,1H3. The van der Waals surface area contributed by atoms with Crippen molar-refractivity contribution in [2.45, 2.75) is 18.9 Å². The molecule has 0 amide bonds.